The summed E-state index contributed by atoms with van der Waals surface area (Å²) >= 11 is 0. The number of rotatable bonds is 3. The molecule has 1 atom stereocenters. The summed E-state index contributed by atoms with van der Waals surface area (Å²) in [4.78, 5) is 0. The fourth-order valence-corrected chi connectivity index (χ4v) is 0.587. The Hall–Kier alpha value is -0.0800. The van der Waals surface area contributed by atoms with E-state index >= 15 is 0 Å². The van der Waals surface area contributed by atoms with Crippen LogP contribution in [0.3, 0.4) is 0 Å². The van der Waals surface area contributed by atoms with Crippen LogP contribution in [-0.4, -0.2) is 24.3 Å². The van der Waals surface area contributed by atoms with Crippen molar-refractivity contribution in [1.82, 2.24) is 5.32 Å². The first-order valence-electron chi connectivity index (χ1n) is 3.82. The first-order valence-corrected chi connectivity index (χ1v) is 3.82. The molecule has 0 bridgehead atoms. The first-order chi connectivity index (χ1) is 4.48. The van der Waals surface area contributed by atoms with Gasteiger partial charge in [0.1, 0.15) is 0 Å². The third-order valence-corrected chi connectivity index (χ3v) is 1.86. The average Bonchev–Trinajstić information content (AvgIpc) is 1.80. The quantitative estimate of drug-likeness (QED) is 0.621. The van der Waals surface area contributed by atoms with E-state index in [0.717, 1.165) is 0 Å². The average molecular weight is 145 g/mol. The van der Waals surface area contributed by atoms with Gasteiger partial charge in [-0.05, 0) is 12.3 Å². The molecule has 0 heterocycles. The fraction of sp³-hybridized carbons (Fsp3) is 1.00. The smallest absolute Gasteiger partial charge is 0.0556 e. The maximum Gasteiger partial charge on any atom is 0.0556 e. The van der Waals surface area contributed by atoms with Crippen LogP contribution in [0.2, 0.25) is 0 Å². The Balaban J connectivity index is 3.52. The van der Waals surface area contributed by atoms with E-state index in [0.29, 0.717) is 12.6 Å². The molecule has 1 unspecified atom stereocenters. The third kappa shape index (κ3) is 3.85. The summed E-state index contributed by atoms with van der Waals surface area (Å²) in [6, 6.07) is 0.458. The number of aliphatic hydroxyl groups excluding tert-OH is 1. The Kier molecular flexibility index (Phi) is 3.91. The van der Waals surface area contributed by atoms with Gasteiger partial charge in [-0.3, -0.25) is 0 Å². The van der Waals surface area contributed by atoms with Crippen molar-refractivity contribution < 1.29 is 5.11 Å². The highest BCUT2D eigenvalue weighted by Gasteiger charge is 2.18. The summed E-state index contributed by atoms with van der Waals surface area (Å²) in [5.41, 5.74) is 0.287. The molecule has 0 aromatic rings. The molecule has 0 saturated heterocycles. The number of hydrogen-bond acceptors (Lipinski definition) is 2. The predicted molar refractivity (Wildman–Crippen MR) is 44.0 cm³/mol. The molecule has 0 amide bonds. The fourth-order valence-electron chi connectivity index (χ4n) is 0.587. The monoisotopic (exact) mass is 145 g/mol. The van der Waals surface area contributed by atoms with Crippen LogP contribution in [-0.2, 0) is 0 Å². The molecule has 2 N–H and O–H groups in total. The molecule has 62 valence electrons. The molecule has 0 aliphatic rings. The topological polar surface area (TPSA) is 32.3 Å². The van der Waals surface area contributed by atoms with E-state index in [1.165, 1.54) is 0 Å². The highest BCUT2D eigenvalue weighted by atomic mass is 16.3. The van der Waals surface area contributed by atoms with Gasteiger partial charge in [0.15, 0.2) is 0 Å². The molecular formula is C8H19NO. The largest absolute Gasteiger partial charge is 0.395 e. The Labute approximate surface area is 63.6 Å². The van der Waals surface area contributed by atoms with E-state index in [-0.39, 0.29) is 12.0 Å². The maximum absolute atomic E-state index is 8.52. The van der Waals surface area contributed by atoms with Crippen LogP contribution >= 0.6 is 0 Å². The molecule has 0 saturated carbocycles. The lowest BCUT2D eigenvalue weighted by atomic mass is 9.88. The zero-order valence-electron chi connectivity index (χ0n) is 7.44. The molecule has 10 heavy (non-hydrogen) atoms. The van der Waals surface area contributed by atoms with Gasteiger partial charge < -0.3 is 10.4 Å². The van der Waals surface area contributed by atoms with Crippen molar-refractivity contribution in [3.8, 4) is 0 Å². The van der Waals surface area contributed by atoms with Gasteiger partial charge in [0, 0.05) is 12.6 Å². The van der Waals surface area contributed by atoms with Gasteiger partial charge in [0.25, 0.3) is 0 Å². The molecule has 0 fully saturated rings. The summed E-state index contributed by atoms with van der Waals surface area (Å²) in [7, 11) is 0. The summed E-state index contributed by atoms with van der Waals surface area (Å²) in [6.07, 6.45) is 0. The Morgan fingerprint density at radius 3 is 2.20 bits per heavy atom. The highest BCUT2D eigenvalue weighted by Crippen LogP contribution is 2.17. The normalized spacial score (nSPS) is 15.3. The lowest BCUT2D eigenvalue weighted by Gasteiger charge is -2.27. The van der Waals surface area contributed by atoms with Crippen molar-refractivity contribution in [2.24, 2.45) is 5.41 Å². The summed E-state index contributed by atoms with van der Waals surface area (Å²) < 4.78 is 0. The van der Waals surface area contributed by atoms with Gasteiger partial charge >= 0.3 is 0 Å². The molecular weight excluding hydrogens is 126 g/mol. The first kappa shape index (κ1) is 9.92. The van der Waals surface area contributed by atoms with Crippen molar-refractivity contribution in [2.75, 3.05) is 13.2 Å². The van der Waals surface area contributed by atoms with Crippen molar-refractivity contribution in [3.63, 3.8) is 0 Å². The van der Waals surface area contributed by atoms with E-state index in [1.54, 1.807) is 0 Å². The van der Waals surface area contributed by atoms with Crippen LogP contribution in [0, 0.1) is 5.41 Å². The molecule has 0 rings (SSSR count). The molecule has 0 aliphatic heterocycles. The minimum atomic E-state index is 0.223. The Bertz CT molecular complexity index is 85.7. The standard InChI is InChI=1S/C8H19NO/c1-7(8(2,3)4)9-5-6-10/h7,9-10H,5-6H2,1-4H3. The van der Waals surface area contributed by atoms with Crippen LogP contribution in [0.25, 0.3) is 0 Å². The highest BCUT2D eigenvalue weighted by molar-refractivity contribution is 4.75. The summed E-state index contributed by atoms with van der Waals surface area (Å²) in [5.74, 6) is 0. The number of hydrogen-bond donors (Lipinski definition) is 2. The van der Waals surface area contributed by atoms with E-state index in [1.807, 2.05) is 0 Å². The molecule has 0 radical (unpaired) electrons. The predicted octanol–water partition coefficient (Wildman–Crippen LogP) is 1.00. The summed E-state index contributed by atoms with van der Waals surface area (Å²) in [5, 5.41) is 11.7. The SMILES string of the molecule is CC(NCCO)C(C)(C)C. The lowest BCUT2D eigenvalue weighted by Crippen LogP contribution is -2.38. The van der Waals surface area contributed by atoms with E-state index < -0.39 is 0 Å². The third-order valence-electron chi connectivity index (χ3n) is 1.86. The van der Waals surface area contributed by atoms with Gasteiger partial charge in [-0.2, -0.15) is 0 Å². The Morgan fingerprint density at radius 2 is 1.90 bits per heavy atom. The van der Waals surface area contributed by atoms with Crippen LogP contribution in [0.5, 0.6) is 0 Å². The van der Waals surface area contributed by atoms with Crippen LogP contribution in [0.4, 0.5) is 0 Å². The van der Waals surface area contributed by atoms with Crippen molar-refractivity contribution in [1.29, 1.82) is 0 Å². The van der Waals surface area contributed by atoms with Crippen LogP contribution in [0.1, 0.15) is 27.7 Å². The second-order valence-corrected chi connectivity index (χ2v) is 3.77. The minimum Gasteiger partial charge on any atom is -0.395 e. The molecule has 0 aromatic heterocycles. The van der Waals surface area contributed by atoms with Gasteiger partial charge in [-0.25, -0.2) is 0 Å². The lowest BCUT2D eigenvalue weighted by molar-refractivity contribution is 0.244. The van der Waals surface area contributed by atoms with Crippen molar-refractivity contribution in [2.45, 2.75) is 33.7 Å². The molecule has 2 nitrogen and oxygen atoms in total. The summed E-state index contributed by atoms with van der Waals surface area (Å²) in [6.45, 7) is 9.60. The number of aliphatic hydroxyl groups is 1. The number of nitrogens with one attached hydrogen (secondary N) is 1. The molecule has 0 spiro atoms. The zero-order chi connectivity index (χ0) is 8.20. The maximum atomic E-state index is 8.52. The van der Waals surface area contributed by atoms with Crippen LogP contribution in [0.15, 0.2) is 0 Å². The minimum absolute atomic E-state index is 0.223. The van der Waals surface area contributed by atoms with E-state index in [4.69, 9.17) is 5.11 Å². The van der Waals surface area contributed by atoms with Gasteiger partial charge in [0.2, 0.25) is 0 Å². The second-order valence-electron chi connectivity index (χ2n) is 3.77. The van der Waals surface area contributed by atoms with Crippen LogP contribution < -0.4 is 5.32 Å². The van der Waals surface area contributed by atoms with Crippen molar-refractivity contribution >= 4 is 0 Å². The Morgan fingerprint density at radius 1 is 1.40 bits per heavy atom. The van der Waals surface area contributed by atoms with E-state index in [9.17, 15) is 0 Å². The zero-order valence-corrected chi connectivity index (χ0v) is 7.44. The van der Waals surface area contributed by atoms with Gasteiger partial charge in [0.05, 0.1) is 6.61 Å². The molecule has 2 heteroatoms. The van der Waals surface area contributed by atoms with Gasteiger partial charge in [-0.1, -0.05) is 20.8 Å². The van der Waals surface area contributed by atoms with Gasteiger partial charge in [-0.15, -0.1) is 0 Å². The second kappa shape index (κ2) is 3.94. The van der Waals surface area contributed by atoms with E-state index in [2.05, 4.69) is 33.0 Å². The van der Waals surface area contributed by atoms with Crippen molar-refractivity contribution in [3.05, 3.63) is 0 Å². The molecule has 0 aliphatic carbocycles. The molecule has 0 aromatic carbocycles.